The first-order valence-electron chi connectivity index (χ1n) is 6.24. The molecule has 0 aromatic heterocycles. The van der Waals surface area contributed by atoms with Crippen molar-refractivity contribution in [2.45, 2.75) is 13.0 Å². The Morgan fingerprint density at radius 3 is 2.27 bits per heavy atom. The third-order valence-corrected chi connectivity index (χ3v) is 3.36. The van der Waals surface area contributed by atoms with Gasteiger partial charge >= 0.3 is 0 Å². The van der Waals surface area contributed by atoms with E-state index in [0.29, 0.717) is 0 Å². The van der Waals surface area contributed by atoms with Crippen molar-refractivity contribution in [1.82, 2.24) is 0 Å². The van der Waals surface area contributed by atoms with Gasteiger partial charge < -0.3 is 10.1 Å². The van der Waals surface area contributed by atoms with Crippen LogP contribution in [0.4, 0.5) is 14.5 Å². The van der Waals surface area contributed by atoms with Gasteiger partial charge in [0.05, 0.1) is 15.7 Å². The number of carbonyl (C=O) groups is 1. The fraction of sp³-hybridized carbons (Fsp3) is 0.133. The van der Waals surface area contributed by atoms with E-state index in [2.05, 4.69) is 5.32 Å². The van der Waals surface area contributed by atoms with Crippen LogP contribution in [0, 0.1) is 11.6 Å². The zero-order chi connectivity index (χ0) is 16.3. The van der Waals surface area contributed by atoms with Crippen molar-refractivity contribution < 1.29 is 18.3 Å². The average Bonchev–Trinajstić information content (AvgIpc) is 2.44. The smallest absolute Gasteiger partial charge is 0.265 e. The molecule has 1 N–H and O–H groups in total. The summed E-state index contributed by atoms with van der Waals surface area (Å²) in [6.45, 7) is 1.49. The van der Waals surface area contributed by atoms with Crippen LogP contribution in [0.5, 0.6) is 5.75 Å². The van der Waals surface area contributed by atoms with E-state index in [1.807, 2.05) is 0 Å². The highest BCUT2D eigenvalue weighted by Gasteiger charge is 2.17. The molecule has 0 saturated carbocycles. The summed E-state index contributed by atoms with van der Waals surface area (Å²) >= 11 is 11.6. The standard InChI is InChI=1S/C15H11Cl2F2NO2/c1-8(22-14-5-3-10(19)7-12(14)17)15(21)20-13-4-2-9(18)6-11(13)16/h2-8H,1H3,(H,20,21)/t8-/m0/s1. The normalized spacial score (nSPS) is 11.9. The Bertz CT molecular complexity index is 710. The first kappa shape index (κ1) is 16.5. The molecule has 0 aliphatic rings. The van der Waals surface area contributed by atoms with Crippen molar-refractivity contribution in [3.63, 3.8) is 0 Å². The van der Waals surface area contributed by atoms with Crippen LogP contribution in [0.2, 0.25) is 10.0 Å². The molecule has 0 spiro atoms. The first-order valence-corrected chi connectivity index (χ1v) is 7.00. The summed E-state index contributed by atoms with van der Waals surface area (Å²) in [6.07, 6.45) is -0.913. The number of rotatable bonds is 4. The molecule has 0 saturated heterocycles. The van der Waals surface area contributed by atoms with Crippen molar-refractivity contribution in [3.05, 3.63) is 58.1 Å². The molecule has 2 aromatic carbocycles. The fourth-order valence-corrected chi connectivity index (χ4v) is 2.07. The van der Waals surface area contributed by atoms with E-state index in [0.717, 1.165) is 12.1 Å². The van der Waals surface area contributed by atoms with Crippen molar-refractivity contribution in [2.75, 3.05) is 5.32 Å². The number of anilines is 1. The molecular formula is C15H11Cl2F2NO2. The number of amides is 1. The maximum atomic E-state index is 12.9. The van der Waals surface area contributed by atoms with E-state index in [1.165, 1.54) is 31.2 Å². The third kappa shape index (κ3) is 4.08. The van der Waals surface area contributed by atoms with Crippen LogP contribution < -0.4 is 10.1 Å². The molecule has 3 nitrogen and oxygen atoms in total. The molecular weight excluding hydrogens is 335 g/mol. The Labute approximate surface area is 135 Å². The maximum absolute atomic E-state index is 12.9. The molecule has 0 aliphatic carbocycles. The van der Waals surface area contributed by atoms with Gasteiger partial charge in [-0.05, 0) is 43.3 Å². The SMILES string of the molecule is C[C@H](Oc1ccc(F)cc1Cl)C(=O)Nc1ccc(F)cc1Cl. The zero-order valence-electron chi connectivity index (χ0n) is 11.4. The van der Waals surface area contributed by atoms with Gasteiger partial charge in [-0.2, -0.15) is 0 Å². The lowest BCUT2D eigenvalue weighted by Gasteiger charge is -2.16. The fourth-order valence-electron chi connectivity index (χ4n) is 1.64. The second kappa shape index (κ2) is 6.94. The molecule has 0 aliphatic heterocycles. The van der Waals surface area contributed by atoms with Crippen molar-refractivity contribution >= 4 is 34.8 Å². The van der Waals surface area contributed by atoms with Crippen molar-refractivity contribution in [1.29, 1.82) is 0 Å². The Balaban J connectivity index is 2.05. The number of nitrogens with one attached hydrogen (secondary N) is 1. The zero-order valence-corrected chi connectivity index (χ0v) is 12.9. The topological polar surface area (TPSA) is 38.3 Å². The molecule has 2 aromatic rings. The highest BCUT2D eigenvalue weighted by atomic mass is 35.5. The molecule has 7 heteroatoms. The van der Waals surface area contributed by atoms with E-state index in [4.69, 9.17) is 27.9 Å². The Kier molecular flexibility index (Phi) is 5.21. The third-order valence-electron chi connectivity index (χ3n) is 2.76. The van der Waals surface area contributed by atoms with Gasteiger partial charge in [0.1, 0.15) is 17.4 Å². The lowest BCUT2D eigenvalue weighted by molar-refractivity contribution is -0.122. The lowest BCUT2D eigenvalue weighted by atomic mass is 10.2. The van der Waals surface area contributed by atoms with Crippen LogP contribution in [-0.4, -0.2) is 12.0 Å². The largest absolute Gasteiger partial charge is 0.479 e. The van der Waals surface area contributed by atoms with Crippen LogP contribution >= 0.6 is 23.2 Å². The summed E-state index contributed by atoms with van der Waals surface area (Å²) in [5.41, 5.74) is 0.258. The predicted molar refractivity (Wildman–Crippen MR) is 81.5 cm³/mol. The summed E-state index contributed by atoms with van der Waals surface area (Å²) in [4.78, 5) is 12.0. The average molecular weight is 346 g/mol. The van der Waals surface area contributed by atoms with E-state index in [-0.39, 0.29) is 21.5 Å². The summed E-state index contributed by atoms with van der Waals surface area (Å²) in [5, 5.41) is 2.63. The predicted octanol–water partition coefficient (Wildman–Crippen LogP) is 4.68. The van der Waals surface area contributed by atoms with Gasteiger partial charge in [-0.25, -0.2) is 8.78 Å². The van der Waals surface area contributed by atoms with Gasteiger partial charge in [0, 0.05) is 0 Å². The van der Waals surface area contributed by atoms with E-state index in [9.17, 15) is 13.6 Å². The Morgan fingerprint density at radius 1 is 1.09 bits per heavy atom. The van der Waals surface area contributed by atoms with Crippen LogP contribution in [0.15, 0.2) is 36.4 Å². The maximum Gasteiger partial charge on any atom is 0.265 e. The minimum Gasteiger partial charge on any atom is -0.479 e. The lowest BCUT2D eigenvalue weighted by Crippen LogP contribution is -2.30. The summed E-state index contributed by atoms with van der Waals surface area (Å²) in [5.74, 6) is -1.34. The Hall–Kier alpha value is -1.85. The summed E-state index contributed by atoms with van der Waals surface area (Å²) < 4.78 is 31.3. The summed E-state index contributed by atoms with van der Waals surface area (Å²) in [7, 11) is 0. The van der Waals surface area contributed by atoms with Crippen LogP contribution in [0.25, 0.3) is 0 Å². The minimum atomic E-state index is -0.913. The molecule has 0 fully saturated rings. The van der Waals surface area contributed by atoms with Gasteiger partial charge in [-0.3, -0.25) is 4.79 Å². The van der Waals surface area contributed by atoms with Crippen molar-refractivity contribution in [2.24, 2.45) is 0 Å². The first-order chi connectivity index (χ1) is 10.4. The molecule has 1 atom stereocenters. The Morgan fingerprint density at radius 2 is 1.68 bits per heavy atom. The number of ether oxygens (including phenoxy) is 1. The molecule has 0 radical (unpaired) electrons. The van der Waals surface area contributed by atoms with Gasteiger partial charge in [0.2, 0.25) is 0 Å². The van der Waals surface area contributed by atoms with Gasteiger partial charge in [0.25, 0.3) is 5.91 Å². The van der Waals surface area contributed by atoms with Gasteiger partial charge in [-0.1, -0.05) is 23.2 Å². The van der Waals surface area contributed by atoms with E-state index < -0.39 is 23.6 Å². The second-order valence-corrected chi connectivity index (χ2v) is 5.26. The number of benzene rings is 2. The number of halogens is 4. The molecule has 116 valence electrons. The monoisotopic (exact) mass is 345 g/mol. The van der Waals surface area contributed by atoms with Gasteiger partial charge in [-0.15, -0.1) is 0 Å². The van der Waals surface area contributed by atoms with Gasteiger partial charge in [0.15, 0.2) is 6.10 Å². The molecule has 0 bridgehead atoms. The molecule has 2 rings (SSSR count). The number of hydrogen-bond acceptors (Lipinski definition) is 2. The summed E-state index contributed by atoms with van der Waals surface area (Å²) in [6, 6.07) is 7.17. The highest BCUT2D eigenvalue weighted by Crippen LogP contribution is 2.27. The van der Waals surface area contributed by atoms with E-state index >= 15 is 0 Å². The highest BCUT2D eigenvalue weighted by molar-refractivity contribution is 6.33. The molecule has 22 heavy (non-hydrogen) atoms. The van der Waals surface area contributed by atoms with Crippen LogP contribution in [0.1, 0.15) is 6.92 Å². The van der Waals surface area contributed by atoms with Crippen LogP contribution in [-0.2, 0) is 4.79 Å². The molecule has 1 amide bonds. The number of hydrogen-bond donors (Lipinski definition) is 1. The second-order valence-electron chi connectivity index (χ2n) is 4.45. The molecule has 0 unspecified atom stereocenters. The van der Waals surface area contributed by atoms with E-state index in [1.54, 1.807) is 0 Å². The number of carbonyl (C=O) groups excluding carboxylic acids is 1. The minimum absolute atomic E-state index is 0.0551. The quantitative estimate of drug-likeness (QED) is 0.873. The van der Waals surface area contributed by atoms with Crippen LogP contribution in [0.3, 0.4) is 0 Å². The molecule has 0 heterocycles. The van der Waals surface area contributed by atoms with Crippen molar-refractivity contribution in [3.8, 4) is 5.75 Å².